The van der Waals surface area contributed by atoms with Gasteiger partial charge in [0.25, 0.3) is 5.91 Å². The molecule has 5 unspecified atom stereocenters. The summed E-state index contributed by atoms with van der Waals surface area (Å²) in [5, 5.41) is 26.0. The van der Waals surface area contributed by atoms with Crippen molar-refractivity contribution in [3.05, 3.63) is 65.2 Å². The highest BCUT2D eigenvalue weighted by Crippen LogP contribution is 2.49. The van der Waals surface area contributed by atoms with Crippen molar-refractivity contribution in [2.45, 2.75) is 76.7 Å². The van der Waals surface area contributed by atoms with Crippen molar-refractivity contribution in [2.75, 3.05) is 18.4 Å². The van der Waals surface area contributed by atoms with Gasteiger partial charge in [0, 0.05) is 36.8 Å². The van der Waals surface area contributed by atoms with E-state index in [9.17, 15) is 24.6 Å². The van der Waals surface area contributed by atoms with Gasteiger partial charge in [0.15, 0.2) is 0 Å². The number of aliphatic hydroxyl groups excluding tert-OH is 2. The molecule has 0 aromatic heterocycles. The van der Waals surface area contributed by atoms with Crippen molar-refractivity contribution in [1.29, 1.82) is 0 Å². The van der Waals surface area contributed by atoms with Crippen LogP contribution in [0.5, 0.6) is 0 Å². The number of anilines is 1. The van der Waals surface area contributed by atoms with Crippen LogP contribution in [0.2, 0.25) is 0 Å². The van der Waals surface area contributed by atoms with E-state index in [0.717, 1.165) is 18.4 Å². The maximum absolute atomic E-state index is 13.3. The van der Waals surface area contributed by atoms with Crippen molar-refractivity contribution < 1.29 is 29.3 Å². The number of nitrogens with one attached hydrogen (secondary N) is 2. The summed E-state index contributed by atoms with van der Waals surface area (Å²) in [6.07, 6.45) is 0.888. The van der Waals surface area contributed by atoms with E-state index in [4.69, 9.17) is 4.74 Å². The van der Waals surface area contributed by atoms with Gasteiger partial charge in [-0.15, -0.1) is 0 Å². The highest BCUT2D eigenvalue weighted by atomic mass is 16.6. The third-order valence-electron chi connectivity index (χ3n) is 8.67. The Bertz CT molecular complexity index is 1280. The van der Waals surface area contributed by atoms with Crippen molar-refractivity contribution in [3.63, 3.8) is 0 Å². The first-order valence-electron chi connectivity index (χ1n) is 14.6. The number of carbonyl (C=O) groups is 3. The second-order valence-corrected chi connectivity index (χ2v) is 12.7. The van der Waals surface area contributed by atoms with Gasteiger partial charge in [-0.3, -0.25) is 9.59 Å². The van der Waals surface area contributed by atoms with E-state index in [1.807, 2.05) is 37.8 Å². The molecule has 4 N–H and O–H groups in total. The maximum Gasteiger partial charge on any atom is 0.407 e. The number of aliphatic hydroxyl groups is 2. The number of nitrogens with zero attached hydrogens (tertiary/aromatic N) is 1. The molecule has 1 heterocycles. The molecular formula is C32H41N3O6. The summed E-state index contributed by atoms with van der Waals surface area (Å²) < 4.78 is 5.32. The average Bonchev–Trinajstić information content (AvgIpc) is 3.50. The van der Waals surface area contributed by atoms with Crippen molar-refractivity contribution in [3.8, 4) is 0 Å². The molecule has 3 fully saturated rings. The quantitative estimate of drug-likeness (QED) is 0.420. The summed E-state index contributed by atoms with van der Waals surface area (Å²) in [6.45, 7) is 7.14. The molecule has 0 radical (unpaired) electrons. The lowest BCUT2D eigenvalue weighted by Gasteiger charge is -2.32. The number of benzene rings is 2. The maximum atomic E-state index is 13.3. The number of likely N-dealkylation sites (tertiary alicyclic amines) is 1. The van der Waals surface area contributed by atoms with Crippen LogP contribution < -0.4 is 10.6 Å². The van der Waals surface area contributed by atoms with Crippen LogP contribution in [-0.4, -0.2) is 63.9 Å². The molecule has 2 aliphatic carbocycles. The number of rotatable bonds is 6. The Morgan fingerprint density at radius 2 is 1.71 bits per heavy atom. The molecule has 5 rings (SSSR count). The molecular weight excluding hydrogens is 522 g/mol. The minimum atomic E-state index is -0.850. The fourth-order valence-electron chi connectivity index (χ4n) is 6.61. The van der Waals surface area contributed by atoms with Crippen LogP contribution in [0.25, 0.3) is 0 Å². The second-order valence-electron chi connectivity index (χ2n) is 12.7. The van der Waals surface area contributed by atoms with Gasteiger partial charge in [-0.25, -0.2) is 4.79 Å². The minimum Gasteiger partial charge on any atom is -0.444 e. The average molecular weight is 564 g/mol. The van der Waals surface area contributed by atoms with Gasteiger partial charge in [0.1, 0.15) is 5.60 Å². The predicted molar refractivity (Wildman–Crippen MR) is 154 cm³/mol. The molecule has 3 amide bonds. The zero-order chi connectivity index (χ0) is 29.3. The highest BCUT2D eigenvalue weighted by Gasteiger charge is 2.53. The number of ether oxygens (including phenoxy) is 1. The molecule has 3 aliphatic rings. The number of alkyl carbamates (subject to hydrolysis) is 1. The number of hydrogen-bond acceptors (Lipinski definition) is 6. The monoisotopic (exact) mass is 563 g/mol. The first kappa shape index (κ1) is 29.1. The first-order valence-corrected chi connectivity index (χ1v) is 14.6. The van der Waals surface area contributed by atoms with Crippen LogP contribution in [0.3, 0.4) is 0 Å². The summed E-state index contributed by atoms with van der Waals surface area (Å²) in [7, 11) is 0. The van der Waals surface area contributed by atoms with Crippen LogP contribution in [-0.2, 0) is 16.1 Å². The second kappa shape index (κ2) is 11.8. The molecule has 220 valence electrons. The minimum absolute atomic E-state index is 0.0297. The Morgan fingerprint density at radius 1 is 0.976 bits per heavy atom. The van der Waals surface area contributed by atoms with Crippen LogP contribution in [0.15, 0.2) is 48.5 Å². The summed E-state index contributed by atoms with van der Waals surface area (Å²) in [4.78, 5) is 40.1. The fraction of sp³-hybridized carbons (Fsp3) is 0.531. The lowest BCUT2D eigenvalue weighted by molar-refractivity contribution is -0.125. The Labute approximate surface area is 241 Å². The van der Waals surface area contributed by atoms with E-state index in [-0.39, 0.29) is 29.6 Å². The SMILES string of the molecule is CC(C)(C)OC(=O)NCc1cccc(C2CCN(C(=O)c3cccc(NC(=O)C4CC5CC4C(O)C5O)c3)CC2)c1. The largest absolute Gasteiger partial charge is 0.444 e. The van der Waals surface area contributed by atoms with E-state index in [2.05, 4.69) is 22.8 Å². The highest BCUT2D eigenvalue weighted by molar-refractivity contribution is 5.98. The first-order chi connectivity index (χ1) is 19.5. The van der Waals surface area contributed by atoms with E-state index < -0.39 is 23.9 Å². The number of hydrogen-bond donors (Lipinski definition) is 4. The normalized spacial score (nSPS) is 26.1. The zero-order valence-electron chi connectivity index (χ0n) is 24.0. The van der Waals surface area contributed by atoms with Gasteiger partial charge in [-0.1, -0.05) is 30.3 Å². The lowest BCUT2D eigenvalue weighted by atomic mass is 9.84. The number of fused-ring (bicyclic) bond motifs is 2. The summed E-state index contributed by atoms with van der Waals surface area (Å²) in [5.41, 5.74) is 2.74. The van der Waals surface area contributed by atoms with Gasteiger partial charge < -0.3 is 30.5 Å². The lowest BCUT2D eigenvalue weighted by Crippen LogP contribution is -2.41. The summed E-state index contributed by atoms with van der Waals surface area (Å²) in [5.74, 6) is -0.489. The van der Waals surface area contributed by atoms with Gasteiger partial charge in [-0.05, 0) is 93.5 Å². The smallest absolute Gasteiger partial charge is 0.407 e. The Hall–Kier alpha value is -3.43. The topological polar surface area (TPSA) is 128 Å². The van der Waals surface area contributed by atoms with Gasteiger partial charge in [0.05, 0.1) is 12.2 Å². The van der Waals surface area contributed by atoms with Gasteiger partial charge >= 0.3 is 6.09 Å². The molecule has 5 atom stereocenters. The van der Waals surface area contributed by atoms with Crippen molar-refractivity contribution in [1.82, 2.24) is 10.2 Å². The van der Waals surface area contributed by atoms with Crippen LogP contribution in [0, 0.1) is 17.8 Å². The zero-order valence-corrected chi connectivity index (χ0v) is 24.0. The van der Waals surface area contributed by atoms with Crippen LogP contribution in [0.1, 0.15) is 73.9 Å². The van der Waals surface area contributed by atoms with E-state index in [1.54, 1.807) is 24.3 Å². The van der Waals surface area contributed by atoms with Gasteiger partial charge in [0.2, 0.25) is 5.91 Å². The Balaban J connectivity index is 1.13. The molecule has 2 saturated carbocycles. The summed E-state index contributed by atoms with van der Waals surface area (Å²) in [6, 6.07) is 15.2. The third kappa shape index (κ3) is 6.73. The molecule has 2 aromatic rings. The summed E-state index contributed by atoms with van der Waals surface area (Å²) >= 11 is 0. The van der Waals surface area contributed by atoms with E-state index in [0.29, 0.717) is 49.6 Å². The Kier molecular flexibility index (Phi) is 8.38. The van der Waals surface area contributed by atoms with Crippen molar-refractivity contribution >= 4 is 23.6 Å². The van der Waals surface area contributed by atoms with E-state index >= 15 is 0 Å². The molecule has 9 nitrogen and oxygen atoms in total. The molecule has 41 heavy (non-hydrogen) atoms. The van der Waals surface area contributed by atoms with Crippen LogP contribution in [0.4, 0.5) is 10.5 Å². The standard InChI is InChI=1S/C32H41N3O6/c1-32(2,3)41-31(40)33-18-19-6-4-7-21(14-19)20-10-12-35(13-11-20)30(39)22-8-5-9-24(15-22)34-29(38)26-17-23-16-25(26)28(37)27(23)36/h4-9,14-15,20,23,25-28,36-37H,10-13,16-18H2,1-3H3,(H,33,40)(H,34,38). The molecule has 1 saturated heterocycles. The fourth-order valence-corrected chi connectivity index (χ4v) is 6.61. The number of amides is 3. The predicted octanol–water partition coefficient (Wildman–Crippen LogP) is 4.05. The third-order valence-corrected chi connectivity index (χ3v) is 8.67. The van der Waals surface area contributed by atoms with Crippen molar-refractivity contribution in [2.24, 2.45) is 17.8 Å². The molecule has 9 heteroatoms. The molecule has 0 spiro atoms. The number of carbonyl (C=O) groups excluding carboxylic acids is 3. The van der Waals surface area contributed by atoms with Gasteiger partial charge in [-0.2, -0.15) is 0 Å². The number of piperidine rings is 1. The molecule has 2 aromatic carbocycles. The Morgan fingerprint density at radius 3 is 2.39 bits per heavy atom. The van der Waals surface area contributed by atoms with Crippen LogP contribution >= 0.6 is 0 Å². The molecule has 1 aliphatic heterocycles. The molecule has 2 bridgehead atoms. The van der Waals surface area contributed by atoms with E-state index in [1.165, 1.54) is 5.56 Å².